The van der Waals surface area contributed by atoms with Crippen LogP contribution in [0.3, 0.4) is 0 Å². The maximum absolute atomic E-state index is 7.61. The predicted octanol–water partition coefficient (Wildman–Crippen LogP) is 3.17. The molecule has 6 N–H and O–H groups in total. The van der Waals surface area contributed by atoms with Gasteiger partial charge in [-0.05, 0) is 12.1 Å². The molecule has 1 aromatic heterocycles. The van der Waals surface area contributed by atoms with Crippen molar-refractivity contribution in [2.75, 3.05) is 0 Å². The Bertz CT molecular complexity index is 1170. The molecule has 7 nitrogen and oxygen atoms in total. The van der Waals surface area contributed by atoms with Crippen LogP contribution in [0.2, 0.25) is 0 Å². The van der Waals surface area contributed by atoms with Gasteiger partial charge in [0.25, 0.3) is 0 Å². The van der Waals surface area contributed by atoms with E-state index in [0.717, 1.165) is 22.5 Å². The number of nitrogen functional groups attached to an aromatic ring is 2. The second-order valence-electron chi connectivity index (χ2n) is 6.52. The normalized spacial score (nSPS) is 10.6. The molecule has 0 atom stereocenters. The van der Waals surface area contributed by atoms with Gasteiger partial charge in [0.2, 0.25) is 0 Å². The number of benzene rings is 3. The molecule has 1 heterocycles. The lowest BCUT2D eigenvalue weighted by Crippen LogP contribution is -2.10. The van der Waals surface area contributed by atoms with E-state index in [2.05, 4.69) is 10.3 Å². The molecule has 29 heavy (non-hydrogen) atoms. The lowest BCUT2D eigenvalue weighted by atomic mass is 10.0. The molecular formula is C22H19N7. The van der Waals surface area contributed by atoms with Crippen molar-refractivity contribution < 1.29 is 0 Å². The van der Waals surface area contributed by atoms with Crippen molar-refractivity contribution in [3.63, 3.8) is 0 Å². The van der Waals surface area contributed by atoms with E-state index in [1.807, 2.05) is 66.7 Å². The van der Waals surface area contributed by atoms with Gasteiger partial charge in [-0.25, -0.2) is 4.68 Å². The summed E-state index contributed by atoms with van der Waals surface area (Å²) < 4.78 is 1.79. The average molecular weight is 381 g/mol. The molecule has 0 saturated heterocycles. The van der Waals surface area contributed by atoms with Gasteiger partial charge in [0.1, 0.15) is 23.1 Å². The third-order valence-electron chi connectivity index (χ3n) is 4.61. The zero-order valence-corrected chi connectivity index (χ0v) is 15.5. The number of amidine groups is 2. The average Bonchev–Trinajstić information content (AvgIpc) is 3.19. The Kier molecular flexibility index (Phi) is 4.62. The highest BCUT2D eigenvalue weighted by molar-refractivity contribution is 5.96. The minimum absolute atomic E-state index is 0.0181. The third kappa shape index (κ3) is 3.49. The third-order valence-corrected chi connectivity index (χ3v) is 4.61. The van der Waals surface area contributed by atoms with Crippen LogP contribution < -0.4 is 11.5 Å². The smallest absolute Gasteiger partial charge is 0.122 e. The lowest BCUT2D eigenvalue weighted by molar-refractivity contribution is 0.808. The van der Waals surface area contributed by atoms with Crippen LogP contribution in [0, 0.1) is 10.8 Å². The zero-order valence-electron chi connectivity index (χ0n) is 15.5. The van der Waals surface area contributed by atoms with Gasteiger partial charge >= 0.3 is 0 Å². The summed E-state index contributed by atoms with van der Waals surface area (Å²) in [6.07, 6.45) is 0. The van der Waals surface area contributed by atoms with Gasteiger partial charge in [0.05, 0.1) is 5.69 Å². The number of para-hydroxylation sites is 1. The van der Waals surface area contributed by atoms with Gasteiger partial charge in [0.15, 0.2) is 0 Å². The van der Waals surface area contributed by atoms with Crippen LogP contribution >= 0.6 is 0 Å². The molecule has 0 aliphatic rings. The van der Waals surface area contributed by atoms with E-state index in [9.17, 15) is 0 Å². The standard InChI is InChI=1S/C22H19N7/c23-21(24)16-10-6-14(7-11-16)19-20(15-8-12-17(13-9-15)22(25)26)29(28-27-19)18-4-2-1-3-5-18/h1-13H,(H3,23,24)(H3,25,26). The van der Waals surface area contributed by atoms with Gasteiger partial charge in [-0.1, -0.05) is 71.9 Å². The first kappa shape index (κ1) is 18.1. The summed E-state index contributed by atoms with van der Waals surface area (Å²) >= 11 is 0. The lowest BCUT2D eigenvalue weighted by Gasteiger charge is -2.10. The molecule has 0 aliphatic carbocycles. The van der Waals surface area contributed by atoms with Crippen LogP contribution in [0.25, 0.3) is 28.2 Å². The molecule has 0 saturated carbocycles. The summed E-state index contributed by atoms with van der Waals surface area (Å²) in [7, 11) is 0. The van der Waals surface area contributed by atoms with Crippen molar-refractivity contribution in [2.45, 2.75) is 0 Å². The molecule has 142 valence electrons. The van der Waals surface area contributed by atoms with Crippen LogP contribution in [0.5, 0.6) is 0 Å². The van der Waals surface area contributed by atoms with E-state index in [-0.39, 0.29) is 11.7 Å². The highest BCUT2D eigenvalue weighted by atomic mass is 15.4. The minimum Gasteiger partial charge on any atom is -0.384 e. The molecule has 0 unspecified atom stereocenters. The van der Waals surface area contributed by atoms with Crippen LogP contribution in [0.15, 0.2) is 78.9 Å². The maximum atomic E-state index is 7.61. The molecule has 7 heteroatoms. The highest BCUT2D eigenvalue weighted by Gasteiger charge is 2.18. The summed E-state index contributed by atoms with van der Waals surface area (Å²) in [5, 5.41) is 24.0. The quantitative estimate of drug-likeness (QED) is 0.312. The Labute approximate surface area is 167 Å². The topological polar surface area (TPSA) is 130 Å². The number of rotatable bonds is 5. The maximum Gasteiger partial charge on any atom is 0.122 e. The molecule has 0 spiro atoms. The predicted molar refractivity (Wildman–Crippen MR) is 114 cm³/mol. The van der Waals surface area contributed by atoms with Gasteiger partial charge in [-0.15, -0.1) is 5.10 Å². The molecule has 4 aromatic rings. The summed E-state index contributed by atoms with van der Waals surface area (Å²) in [5.41, 5.74) is 16.6. The van der Waals surface area contributed by atoms with E-state index < -0.39 is 0 Å². The summed E-state index contributed by atoms with van der Waals surface area (Å²) in [4.78, 5) is 0. The van der Waals surface area contributed by atoms with E-state index >= 15 is 0 Å². The molecule has 0 fully saturated rings. The first-order valence-corrected chi connectivity index (χ1v) is 8.95. The number of hydrogen-bond acceptors (Lipinski definition) is 4. The fourth-order valence-corrected chi connectivity index (χ4v) is 3.10. The zero-order chi connectivity index (χ0) is 20.4. The number of nitrogens with one attached hydrogen (secondary N) is 2. The second kappa shape index (κ2) is 7.40. The van der Waals surface area contributed by atoms with E-state index in [4.69, 9.17) is 22.3 Å². The number of hydrogen-bond donors (Lipinski definition) is 4. The summed E-state index contributed by atoms with van der Waals surface area (Å²) in [6.45, 7) is 0. The van der Waals surface area contributed by atoms with Gasteiger partial charge in [-0.3, -0.25) is 10.8 Å². The molecule has 0 radical (unpaired) electrons. The van der Waals surface area contributed by atoms with Crippen molar-refractivity contribution in [1.82, 2.24) is 15.0 Å². The first-order valence-electron chi connectivity index (χ1n) is 8.95. The van der Waals surface area contributed by atoms with Crippen molar-refractivity contribution in [3.8, 4) is 28.2 Å². The second-order valence-corrected chi connectivity index (χ2v) is 6.52. The fraction of sp³-hybridized carbons (Fsp3) is 0. The van der Waals surface area contributed by atoms with Crippen LogP contribution in [0.1, 0.15) is 11.1 Å². The van der Waals surface area contributed by atoms with Crippen molar-refractivity contribution in [3.05, 3.63) is 90.0 Å². The Morgan fingerprint density at radius 1 is 0.690 bits per heavy atom. The molecule has 0 aliphatic heterocycles. The first-order chi connectivity index (χ1) is 14.0. The number of nitrogens with two attached hydrogens (primary N) is 2. The van der Waals surface area contributed by atoms with Crippen LogP contribution in [-0.4, -0.2) is 26.7 Å². The van der Waals surface area contributed by atoms with Gasteiger partial charge < -0.3 is 11.5 Å². The highest BCUT2D eigenvalue weighted by Crippen LogP contribution is 2.32. The fourth-order valence-electron chi connectivity index (χ4n) is 3.10. The van der Waals surface area contributed by atoms with Crippen LogP contribution in [0.4, 0.5) is 0 Å². The molecular weight excluding hydrogens is 362 g/mol. The summed E-state index contributed by atoms with van der Waals surface area (Å²) in [5.74, 6) is 0.0378. The molecule has 4 rings (SSSR count). The van der Waals surface area contributed by atoms with E-state index in [0.29, 0.717) is 16.8 Å². The minimum atomic E-state index is 0.0181. The number of nitrogens with zero attached hydrogens (tertiary/aromatic N) is 3. The van der Waals surface area contributed by atoms with Gasteiger partial charge in [-0.2, -0.15) is 0 Å². The molecule has 3 aromatic carbocycles. The Morgan fingerprint density at radius 2 is 1.21 bits per heavy atom. The Hall–Kier alpha value is -4.26. The van der Waals surface area contributed by atoms with Crippen LogP contribution in [-0.2, 0) is 0 Å². The van der Waals surface area contributed by atoms with Crippen molar-refractivity contribution in [2.24, 2.45) is 11.5 Å². The molecule has 0 amide bonds. The van der Waals surface area contributed by atoms with E-state index in [1.54, 1.807) is 16.8 Å². The van der Waals surface area contributed by atoms with Crippen molar-refractivity contribution in [1.29, 1.82) is 10.8 Å². The summed E-state index contributed by atoms with van der Waals surface area (Å²) in [6, 6.07) is 24.5. The largest absolute Gasteiger partial charge is 0.384 e. The SMILES string of the molecule is N=C(N)c1ccc(-c2nnn(-c3ccccc3)c2-c2ccc(C(=N)N)cc2)cc1. The van der Waals surface area contributed by atoms with Gasteiger partial charge in [0, 0.05) is 22.3 Å². The monoisotopic (exact) mass is 381 g/mol. The number of aromatic nitrogens is 3. The van der Waals surface area contributed by atoms with Crippen molar-refractivity contribution >= 4 is 11.7 Å². The Morgan fingerprint density at radius 3 is 1.72 bits per heavy atom. The van der Waals surface area contributed by atoms with E-state index in [1.165, 1.54) is 0 Å². The molecule has 0 bridgehead atoms. The Balaban J connectivity index is 1.89.